The minimum absolute atomic E-state index is 0.00607. The first kappa shape index (κ1) is 28.4. The Hall–Kier alpha value is -4.17. The van der Waals surface area contributed by atoms with Crippen molar-refractivity contribution in [3.63, 3.8) is 0 Å². The first-order valence-electron chi connectivity index (χ1n) is 13.7. The maximum absolute atomic E-state index is 14.2. The normalized spacial score (nSPS) is 13.9. The summed E-state index contributed by atoms with van der Waals surface area (Å²) >= 11 is 0. The van der Waals surface area contributed by atoms with Crippen molar-refractivity contribution in [3.8, 4) is 22.6 Å². The molecule has 1 aromatic heterocycles. The summed E-state index contributed by atoms with van der Waals surface area (Å²) in [5.41, 5.74) is 2.89. The fourth-order valence-electron chi connectivity index (χ4n) is 5.43. The van der Waals surface area contributed by atoms with Crippen LogP contribution in [-0.2, 0) is 29.6 Å². The molecular formula is C33H34FNO6. The summed E-state index contributed by atoms with van der Waals surface area (Å²) in [4.78, 5) is 26.5. The molecule has 0 radical (unpaired) electrons. The molecule has 0 fully saturated rings. The van der Waals surface area contributed by atoms with E-state index in [9.17, 15) is 19.1 Å². The number of hydrogen-bond donors (Lipinski definition) is 1. The van der Waals surface area contributed by atoms with Crippen LogP contribution in [0.1, 0.15) is 55.7 Å². The first-order chi connectivity index (χ1) is 19.5. The van der Waals surface area contributed by atoms with Gasteiger partial charge in [0.2, 0.25) is 0 Å². The van der Waals surface area contributed by atoms with E-state index >= 15 is 0 Å². The Morgan fingerprint density at radius 1 is 1.12 bits per heavy atom. The number of hydrogen-bond acceptors (Lipinski definition) is 5. The van der Waals surface area contributed by atoms with E-state index in [4.69, 9.17) is 14.2 Å². The van der Waals surface area contributed by atoms with Crippen LogP contribution in [-0.4, -0.2) is 27.9 Å². The highest BCUT2D eigenvalue weighted by molar-refractivity contribution is 6.00. The Labute approximate surface area is 238 Å². The highest BCUT2D eigenvalue weighted by Crippen LogP contribution is 2.42. The monoisotopic (exact) mass is 559 g/mol. The zero-order valence-corrected chi connectivity index (χ0v) is 23.9. The van der Waals surface area contributed by atoms with Crippen molar-refractivity contribution >= 4 is 16.7 Å². The van der Waals surface area contributed by atoms with Gasteiger partial charge in [-0.05, 0) is 92.9 Å². The van der Waals surface area contributed by atoms with Gasteiger partial charge in [0.15, 0.2) is 6.10 Å². The molecule has 0 saturated carbocycles. The van der Waals surface area contributed by atoms with Crippen LogP contribution < -0.4 is 15.0 Å². The molecule has 1 atom stereocenters. The molecule has 8 heteroatoms. The lowest BCUT2D eigenvalue weighted by Crippen LogP contribution is -2.33. The number of fused-ring (bicyclic) bond motifs is 2. The van der Waals surface area contributed by atoms with Gasteiger partial charge in [0.05, 0.1) is 23.3 Å². The number of aliphatic carboxylic acids is 1. The molecule has 1 aliphatic rings. The molecule has 0 spiro atoms. The van der Waals surface area contributed by atoms with Gasteiger partial charge in [-0.25, -0.2) is 9.18 Å². The van der Waals surface area contributed by atoms with E-state index in [2.05, 4.69) is 0 Å². The predicted molar refractivity (Wildman–Crippen MR) is 155 cm³/mol. The van der Waals surface area contributed by atoms with Crippen LogP contribution in [0.5, 0.6) is 11.5 Å². The van der Waals surface area contributed by atoms with Crippen molar-refractivity contribution < 1.29 is 28.5 Å². The van der Waals surface area contributed by atoms with Crippen molar-refractivity contribution in [1.82, 2.24) is 4.57 Å². The minimum atomic E-state index is -1.41. The average molecular weight is 560 g/mol. The van der Waals surface area contributed by atoms with E-state index in [0.717, 1.165) is 35.3 Å². The second-order valence-electron chi connectivity index (χ2n) is 11.3. The third-order valence-corrected chi connectivity index (χ3v) is 7.36. The molecule has 5 rings (SSSR count). The molecule has 3 aromatic carbocycles. The topological polar surface area (TPSA) is 87.0 Å². The molecule has 214 valence electrons. The molecule has 1 N–H and O–H groups in total. The molecule has 0 bridgehead atoms. The number of carbonyl (C=O) groups is 1. The minimum Gasteiger partial charge on any atom is -0.493 e. The Bertz CT molecular complexity index is 1700. The summed E-state index contributed by atoms with van der Waals surface area (Å²) in [6, 6.07) is 15.3. The van der Waals surface area contributed by atoms with Crippen LogP contribution in [0.4, 0.5) is 4.39 Å². The number of aromatic nitrogens is 1. The lowest BCUT2D eigenvalue weighted by atomic mass is 9.88. The van der Waals surface area contributed by atoms with Gasteiger partial charge in [-0.1, -0.05) is 24.3 Å². The highest BCUT2D eigenvalue weighted by atomic mass is 19.1. The van der Waals surface area contributed by atoms with Crippen LogP contribution in [0.25, 0.3) is 21.9 Å². The Balaban J connectivity index is 1.75. The fourth-order valence-corrected chi connectivity index (χ4v) is 5.43. The quantitative estimate of drug-likeness (QED) is 0.278. The molecule has 41 heavy (non-hydrogen) atoms. The third-order valence-electron chi connectivity index (χ3n) is 7.36. The average Bonchev–Trinajstić information content (AvgIpc) is 2.93. The number of nitrogens with zero attached hydrogens (tertiary/aromatic N) is 1. The van der Waals surface area contributed by atoms with E-state index in [1.165, 1.54) is 10.6 Å². The van der Waals surface area contributed by atoms with Gasteiger partial charge in [-0.15, -0.1) is 0 Å². The molecule has 2 heterocycles. The largest absolute Gasteiger partial charge is 0.493 e. The fraction of sp³-hybridized carbons (Fsp3) is 0.333. The number of rotatable bonds is 7. The SMILES string of the molecule is Cc1c(-c2c(C(OC(C)(C)C)C(=O)O)n(C)c(=O)c3cc(OCc4ccccc4F)ccc23)ccc2c1CCCO2. The van der Waals surface area contributed by atoms with Crippen LogP contribution in [0.2, 0.25) is 0 Å². The van der Waals surface area contributed by atoms with Crippen molar-refractivity contribution in [2.45, 2.75) is 58.8 Å². The van der Waals surface area contributed by atoms with Gasteiger partial charge in [0, 0.05) is 18.2 Å². The first-order valence-corrected chi connectivity index (χ1v) is 13.7. The molecular weight excluding hydrogens is 525 g/mol. The Kier molecular flexibility index (Phi) is 7.62. The maximum Gasteiger partial charge on any atom is 0.339 e. The summed E-state index contributed by atoms with van der Waals surface area (Å²) in [6.45, 7) is 7.98. The summed E-state index contributed by atoms with van der Waals surface area (Å²) in [7, 11) is 1.56. The maximum atomic E-state index is 14.2. The van der Waals surface area contributed by atoms with Crippen LogP contribution in [0.15, 0.2) is 59.4 Å². The van der Waals surface area contributed by atoms with E-state index in [1.54, 1.807) is 64.2 Å². The summed E-state index contributed by atoms with van der Waals surface area (Å²) in [5.74, 6) is -0.355. The van der Waals surface area contributed by atoms with Crippen molar-refractivity contribution in [2.75, 3.05) is 6.61 Å². The van der Waals surface area contributed by atoms with Gasteiger partial charge in [0.1, 0.15) is 23.9 Å². The number of ether oxygens (including phenoxy) is 3. The van der Waals surface area contributed by atoms with Gasteiger partial charge < -0.3 is 23.9 Å². The van der Waals surface area contributed by atoms with E-state index in [-0.39, 0.29) is 18.1 Å². The summed E-state index contributed by atoms with van der Waals surface area (Å²) < 4.78 is 33.3. The van der Waals surface area contributed by atoms with E-state index in [1.807, 2.05) is 19.1 Å². The molecule has 7 nitrogen and oxygen atoms in total. The van der Waals surface area contributed by atoms with Crippen LogP contribution in [0.3, 0.4) is 0 Å². The Morgan fingerprint density at radius 3 is 2.59 bits per heavy atom. The summed E-state index contributed by atoms with van der Waals surface area (Å²) in [6.07, 6.45) is 0.310. The van der Waals surface area contributed by atoms with Crippen LogP contribution >= 0.6 is 0 Å². The van der Waals surface area contributed by atoms with E-state index in [0.29, 0.717) is 34.3 Å². The number of carboxylic acids is 1. The number of pyridine rings is 1. The third kappa shape index (κ3) is 5.57. The van der Waals surface area contributed by atoms with Gasteiger partial charge >= 0.3 is 5.97 Å². The molecule has 0 amide bonds. The molecule has 0 aliphatic carbocycles. The summed E-state index contributed by atoms with van der Waals surface area (Å²) in [5, 5.41) is 11.3. The lowest BCUT2D eigenvalue weighted by molar-refractivity contribution is -0.161. The number of halogens is 1. The highest BCUT2D eigenvalue weighted by Gasteiger charge is 2.34. The molecule has 1 unspecified atom stereocenters. The predicted octanol–water partition coefficient (Wildman–Crippen LogP) is 6.50. The molecule has 1 aliphatic heterocycles. The number of benzene rings is 3. The second kappa shape index (κ2) is 11.0. The second-order valence-corrected chi connectivity index (χ2v) is 11.3. The smallest absolute Gasteiger partial charge is 0.339 e. The van der Waals surface area contributed by atoms with Gasteiger partial charge in [-0.3, -0.25) is 4.79 Å². The van der Waals surface area contributed by atoms with Crippen molar-refractivity contribution in [1.29, 1.82) is 0 Å². The van der Waals surface area contributed by atoms with Gasteiger partial charge in [-0.2, -0.15) is 0 Å². The van der Waals surface area contributed by atoms with Crippen molar-refractivity contribution in [3.05, 3.63) is 93.2 Å². The van der Waals surface area contributed by atoms with Gasteiger partial charge in [0.25, 0.3) is 5.56 Å². The van der Waals surface area contributed by atoms with Crippen LogP contribution in [0, 0.1) is 12.7 Å². The van der Waals surface area contributed by atoms with Crippen molar-refractivity contribution in [2.24, 2.45) is 7.05 Å². The lowest BCUT2D eigenvalue weighted by Gasteiger charge is -2.29. The van der Waals surface area contributed by atoms with E-state index < -0.39 is 23.2 Å². The standard InChI is InChI=1S/C33H34FNO6/c1-19-22-10-8-16-39-27(22)15-14-23(19)28-24-13-12-21(40-18-20-9-6-7-11-26(20)34)17-25(24)31(36)35(5)29(28)30(32(37)38)41-33(2,3)4/h6-7,9,11-15,17,30H,8,10,16,18H2,1-5H3,(H,37,38). The zero-order valence-electron chi connectivity index (χ0n) is 23.9. The Morgan fingerprint density at radius 2 is 1.88 bits per heavy atom. The molecule has 0 saturated heterocycles. The molecule has 4 aromatic rings. The zero-order chi connectivity index (χ0) is 29.5. The number of carboxylic acid groups (broad SMARTS) is 1.